The van der Waals surface area contributed by atoms with Gasteiger partial charge in [0.05, 0.1) is 5.92 Å². The zero-order valence-corrected chi connectivity index (χ0v) is 21.9. The number of Topliss-reactive ketones (excluding diaryl/α,β-unsaturated/α-hetero) is 1. The maximum atomic E-state index is 13.0. The van der Waals surface area contributed by atoms with Crippen LogP contribution in [0.2, 0.25) is 0 Å². The molecule has 33 heavy (non-hydrogen) atoms. The second kappa shape index (κ2) is 7.31. The lowest BCUT2D eigenvalue weighted by Gasteiger charge is -2.63. The van der Waals surface area contributed by atoms with E-state index < -0.39 is 0 Å². The molecule has 0 aromatic carbocycles. The number of hydrogen-bond donors (Lipinski definition) is 0. The van der Waals surface area contributed by atoms with Crippen LogP contribution >= 0.6 is 0 Å². The molecular weight excluding hydrogens is 408 g/mol. The third kappa shape index (κ3) is 3.05. The van der Waals surface area contributed by atoms with E-state index in [1.54, 1.807) is 5.57 Å². The molecule has 1 aliphatic heterocycles. The van der Waals surface area contributed by atoms with Crippen LogP contribution in [-0.2, 0) is 14.3 Å². The van der Waals surface area contributed by atoms with E-state index in [1.807, 2.05) is 0 Å². The number of esters is 1. The van der Waals surface area contributed by atoms with E-state index in [2.05, 4.69) is 60.6 Å². The van der Waals surface area contributed by atoms with Crippen LogP contribution in [-0.4, -0.2) is 17.9 Å². The molecule has 8 atom stereocenters. The molecule has 3 heteroatoms. The van der Waals surface area contributed by atoms with E-state index in [9.17, 15) is 9.59 Å². The fourth-order valence-electron chi connectivity index (χ4n) is 9.63. The fraction of sp³-hybridized carbons (Fsp3) is 0.800. The van der Waals surface area contributed by atoms with Crippen molar-refractivity contribution in [3.8, 4) is 0 Å². The molecular formula is C30H44O3. The molecule has 3 saturated carbocycles. The molecule has 0 aromatic heterocycles. The molecule has 5 rings (SSSR count). The Morgan fingerprint density at radius 3 is 2.45 bits per heavy atom. The lowest BCUT2D eigenvalue weighted by atomic mass is 9.41. The minimum Gasteiger partial charge on any atom is -0.458 e. The van der Waals surface area contributed by atoms with Crippen LogP contribution in [0.3, 0.4) is 0 Å². The summed E-state index contributed by atoms with van der Waals surface area (Å²) in [6, 6.07) is 0. The Labute approximate surface area is 200 Å². The summed E-state index contributed by atoms with van der Waals surface area (Å²) in [6.45, 7) is 16.1. The standard InChI is InChI=1S/C30H44O3/c1-18(2)16-19-17-20(26(32)33-19)21-10-14-30(7)23-8-9-24-27(3,4)25(31)12-13-28(24,5)22(23)11-15-29(21,30)6/h8,16,19-22,24H,9-15,17H2,1-7H3/t19-,20-,21-,22-,24+,28+,29-,30+/m0/s1. The van der Waals surface area contributed by atoms with Gasteiger partial charge in [0.2, 0.25) is 0 Å². The summed E-state index contributed by atoms with van der Waals surface area (Å²) in [7, 11) is 0. The Morgan fingerprint density at radius 1 is 1.03 bits per heavy atom. The molecule has 0 N–H and O–H groups in total. The molecule has 1 heterocycles. The highest BCUT2D eigenvalue weighted by Gasteiger charge is 2.66. The molecule has 0 amide bonds. The predicted octanol–water partition coefficient (Wildman–Crippen LogP) is 7.06. The molecule has 0 unspecified atom stereocenters. The Hall–Kier alpha value is -1.38. The number of ketones is 1. The lowest BCUT2D eigenvalue weighted by molar-refractivity contribution is -0.148. The molecule has 182 valence electrons. The van der Waals surface area contributed by atoms with E-state index in [4.69, 9.17) is 4.74 Å². The van der Waals surface area contributed by atoms with Gasteiger partial charge in [-0.25, -0.2) is 0 Å². The molecule has 0 bridgehead atoms. The average Bonchev–Trinajstić information content (AvgIpc) is 3.20. The van der Waals surface area contributed by atoms with Gasteiger partial charge in [-0.1, -0.05) is 51.8 Å². The summed E-state index contributed by atoms with van der Waals surface area (Å²) < 4.78 is 5.82. The first kappa shape index (κ1) is 23.4. The van der Waals surface area contributed by atoms with Gasteiger partial charge in [0, 0.05) is 18.3 Å². The zero-order valence-electron chi connectivity index (χ0n) is 21.9. The molecule has 1 saturated heterocycles. The first-order valence-corrected chi connectivity index (χ1v) is 13.4. The molecule has 0 aromatic rings. The first-order valence-electron chi connectivity index (χ1n) is 13.4. The van der Waals surface area contributed by atoms with Gasteiger partial charge in [-0.05, 0) is 92.4 Å². The van der Waals surface area contributed by atoms with Crippen LogP contribution in [0, 0.1) is 45.3 Å². The van der Waals surface area contributed by atoms with E-state index in [1.165, 1.54) is 24.8 Å². The number of ether oxygens (including phenoxy) is 1. The summed E-state index contributed by atoms with van der Waals surface area (Å²) in [5.74, 6) is 1.96. The van der Waals surface area contributed by atoms with Crippen LogP contribution < -0.4 is 0 Å². The normalized spacial score (nSPS) is 48.3. The van der Waals surface area contributed by atoms with E-state index in [0.717, 1.165) is 32.1 Å². The van der Waals surface area contributed by atoms with Gasteiger partial charge in [0.1, 0.15) is 11.9 Å². The van der Waals surface area contributed by atoms with Crippen molar-refractivity contribution in [2.45, 2.75) is 106 Å². The smallest absolute Gasteiger partial charge is 0.309 e. The van der Waals surface area contributed by atoms with Crippen molar-refractivity contribution in [2.75, 3.05) is 0 Å². The second-order valence-corrected chi connectivity index (χ2v) is 13.6. The monoisotopic (exact) mass is 452 g/mol. The number of hydrogen-bond acceptors (Lipinski definition) is 3. The van der Waals surface area contributed by atoms with Crippen molar-refractivity contribution in [3.05, 3.63) is 23.3 Å². The SMILES string of the molecule is CC(C)=C[C@H]1C[C@@H]([C@@H]2CC[C@]3(C)C4=CC[C@@H]5C(C)(C)C(=O)CC[C@]5(C)[C@H]4CC[C@@]23C)C(=O)O1. The molecule has 0 radical (unpaired) electrons. The Bertz CT molecular complexity index is 936. The summed E-state index contributed by atoms with van der Waals surface area (Å²) in [4.78, 5) is 25.8. The molecule has 5 aliphatic rings. The van der Waals surface area contributed by atoms with Crippen LogP contribution in [0.5, 0.6) is 0 Å². The van der Waals surface area contributed by atoms with Crippen molar-refractivity contribution in [1.82, 2.24) is 0 Å². The summed E-state index contributed by atoms with van der Waals surface area (Å²) in [6.07, 6.45) is 13.0. The highest BCUT2D eigenvalue weighted by atomic mass is 16.5. The van der Waals surface area contributed by atoms with Gasteiger partial charge in [0.15, 0.2) is 0 Å². The van der Waals surface area contributed by atoms with Crippen molar-refractivity contribution in [1.29, 1.82) is 0 Å². The van der Waals surface area contributed by atoms with Crippen LogP contribution in [0.1, 0.15) is 99.8 Å². The van der Waals surface area contributed by atoms with Crippen molar-refractivity contribution >= 4 is 11.8 Å². The Kier molecular flexibility index (Phi) is 5.18. The van der Waals surface area contributed by atoms with Gasteiger partial charge in [-0.3, -0.25) is 9.59 Å². The van der Waals surface area contributed by atoms with Crippen molar-refractivity contribution in [3.63, 3.8) is 0 Å². The first-order chi connectivity index (χ1) is 15.3. The van der Waals surface area contributed by atoms with E-state index in [-0.39, 0.29) is 39.7 Å². The molecule has 4 aliphatic carbocycles. The minimum absolute atomic E-state index is 0.0345. The van der Waals surface area contributed by atoms with E-state index >= 15 is 0 Å². The second-order valence-electron chi connectivity index (χ2n) is 13.6. The quantitative estimate of drug-likeness (QED) is 0.333. The molecule has 4 fully saturated rings. The number of cyclic esters (lactones) is 1. The summed E-state index contributed by atoms with van der Waals surface area (Å²) >= 11 is 0. The van der Waals surface area contributed by atoms with Gasteiger partial charge in [-0.2, -0.15) is 0 Å². The van der Waals surface area contributed by atoms with Gasteiger partial charge in [0.25, 0.3) is 0 Å². The molecule has 0 spiro atoms. The topological polar surface area (TPSA) is 43.4 Å². The summed E-state index contributed by atoms with van der Waals surface area (Å²) in [5, 5.41) is 0. The highest BCUT2D eigenvalue weighted by Crippen LogP contribution is 2.73. The Morgan fingerprint density at radius 2 is 1.76 bits per heavy atom. The molecule has 3 nitrogen and oxygen atoms in total. The zero-order chi connectivity index (χ0) is 24.0. The van der Waals surface area contributed by atoms with Crippen molar-refractivity contribution in [2.24, 2.45) is 45.3 Å². The van der Waals surface area contributed by atoms with Crippen molar-refractivity contribution < 1.29 is 14.3 Å². The fourth-order valence-corrected chi connectivity index (χ4v) is 9.63. The van der Waals surface area contributed by atoms with Gasteiger partial charge in [-0.15, -0.1) is 0 Å². The number of carbonyl (C=O) groups is 2. The lowest BCUT2D eigenvalue weighted by Crippen LogP contribution is -2.57. The number of rotatable bonds is 2. The Balaban J connectivity index is 1.47. The number of fused-ring (bicyclic) bond motifs is 5. The summed E-state index contributed by atoms with van der Waals surface area (Å²) in [5.41, 5.74) is 3.18. The average molecular weight is 453 g/mol. The van der Waals surface area contributed by atoms with Crippen LogP contribution in [0.25, 0.3) is 0 Å². The third-order valence-corrected chi connectivity index (χ3v) is 11.7. The van der Waals surface area contributed by atoms with Gasteiger partial charge >= 0.3 is 5.97 Å². The third-order valence-electron chi connectivity index (χ3n) is 11.7. The minimum atomic E-state index is -0.220. The maximum absolute atomic E-state index is 13.0. The number of carbonyl (C=O) groups excluding carboxylic acids is 2. The van der Waals surface area contributed by atoms with Crippen LogP contribution in [0.4, 0.5) is 0 Å². The largest absolute Gasteiger partial charge is 0.458 e. The number of allylic oxidation sites excluding steroid dienone is 3. The maximum Gasteiger partial charge on any atom is 0.309 e. The predicted molar refractivity (Wildman–Crippen MR) is 131 cm³/mol. The van der Waals surface area contributed by atoms with Gasteiger partial charge < -0.3 is 4.74 Å². The van der Waals surface area contributed by atoms with E-state index in [0.29, 0.717) is 23.5 Å². The van der Waals surface area contributed by atoms with Crippen LogP contribution in [0.15, 0.2) is 23.3 Å². The highest BCUT2D eigenvalue weighted by molar-refractivity contribution is 5.85.